The first-order valence-electron chi connectivity index (χ1n) is 9.08. The maximum Gasteiger partial charge on any atom is 0.285 e. The first-order chi connectivity index (χ1) is 14.9. The van der Waals surface area contributed by atoms with Crippen molar-refractivity contribution in [3.05, 3.63) is 87.5 Å². The smallest absolute Gasteiger partial charge is 0.285 e. The number of rotatable bonds is 5. The van der Waals surface area contributed by atoms with E-state index in [2.05, 4.69) is 5.43 Å². The predicted molar refractivity (Wildman–Crippen MR) is 128 cm³/mol. The predicted octanol–water partition coefficient (Wildman–Crippen LogP) is 5.94. The van der Waals surface area contributed by atoms with Gasteiger partial charge in [0.15, 0.2) is 9.41 Å². The standard InChI is InChI=1S/C22H15ClN2O3S3/c1-13-2-9-17(10-3-13)30-19-11-8-16(28-19)12-18-21(27)25(22(29)31-18)24-20(26)14-4-6-15(23)7-5-14/h2-12H,1H3,(H,24,26)/b18-12-. The molecule has 3 aromatic rings. The normalized spacial score (nSPS) is 15.0. The monoisotopic (exact) mass is 486 g/mol. The number of carbonyl (C=O) groups excluding carboxylic acids is 2. The van der Waals surface area contributed by atoms with Crippen LogP contribution in [0.25, 0.3) is 6.08 Å². The van der Waals surface area contributed by atoms with Gasteiger partial charge >= 0.3 is 0 Å². The SMILES string of the molecule is Cc1ccc(Sc2ccc(/C=C3\SC(=S)N(NC(=O)c4ccc(Cl)cc4)C3=O)o2)cc1. The highest BCUT2D eigenvalue weighted by Gasteiger charge is 2.34. The molecule has 0 unspecified atom stereocenters. The summed E-state index contributed by atoms with van der Waals surface area (Å²) in [5.74, 6) is -0.343. The second-order valence-electron chi connectivity index (χ2n) is 6.54. The summed E-state index contributed by atoms with van der Waals surface area (Å²) in [6.45, 7) is 2.04. The molecule has 0 bridgehead atoms. The van der Waals surface area contributed by atoms with Gasteiger partial charge in [-0.2, -0.15) is 5.01 Å². The minimum Gasteiger partial charge on any atom is -0.450 e. The summed E-state index contributed by atoms with van der Waals surface area (Å²) >= 11 is 13.7. The van der Waals surface area contributed by atoms with E-state index in [0.717, 1.165) is 21.7 Å². The second-order valence-corrected chi connectivity index (χ2v) is 9.73. The molecule has 31 heavy (non-hydrogen) atoms. The molecule has 156 valence electrons. The number of furan rings is 1. The number of aryl methyl sites for hydroxylation is 1. The van der Waals surface area contributed by atoms with Crippen LogP contribution in [-0.2, 0) is 4.79 Å². The third-order valence-corrected chi connectivity index (χ3v) is 6.71. The fraction of sp³-hybridized carbons (Fsp3) is 0.0455. The van der Waals surface area contributed by atoms with E-state index < -0.39 is 11.8 Å². The zero-order chi connectivity index (χ0) is 22.0. The number of hydrogen-bond acceptors (Lipinski definition) is 6. The number of nitrogens with one attached hydrogen (secondary N) is 1. The average Bonchev–Trinajstić information content (AvgIpc) is 3.29. The third-order valence-electron chi connectivity index (χ3n) is 4.23. The van der Waals surface area contributed by atoms with Crippen LogP contribution in [-0.4, -0.2) is 21.1 Å². The highest BCUT2D eigenvalue weighted by atomic mass is 35.5. The van der Waals surface area contributed by atoms with Gasteiger partial charge in [-0.05, 0) is 67.7 Å². The van der Waals surface area contributed by atoms with Gasteiger partial charge in [-0.15, -0.1) is 0 Å². The molecule has 0 radical (unpaired) electrons. The topological polar surface area (TPSA) is 62.6 Å². The van der Waals surface area contributed by atoms with Crippen molar-refractivity contribution in [3.63, 3.8) is 0 Å². The fourth-order valence-corrected chi connectivity index (χ4v) is 4.71. The van der Waals surface area contributed by atoms with E-state index >= 15 is 0 Å². The van der Waals surface area contributed by atoms with Gasteiger partial charge in [0.25, 0.3) is 11.8 Å². The van der Waals surface area contributed by atoms with Crippen LogP contribution in [0.15, 0.2) is 80.0 Å². The molecule has 1 aliphatic heterocycles. The molecule has 1 N–H and O–H groups in total. The van der Waals surface area contributed by atoms with Gasteiger partial charge < -0.3 is 4.42 Å². The van der Waals surface area contributed by atoms with E-state index in [9.17, 15) is 9.59 Å². The highest BCUT2D eigenvalue weighted by Crippen LogP contribution is 2.34. The first-order valence-corrected chi connectivity index (χ1v) is 11.5. The number of nitrogens with zero attached hydrogens (tertiary/aromatic N) is 1. The molecular weight excluding hydrogens is 472 g/mol. The lowest BCUT2D eigenvalue weighted by atomic mass is 10.2. The summed E-state index contributed by atoms with van der Waals surface area (Å²) in [5.41, 5.74) is 4.09. The molecule has 2 heterocycles. The Hall–Kier alpha value is -2.52. The van der Waals surface area contributed by atoms with Crippen LogP contribution in [0, 0.1) is 6.92 Å². The van der Waals surface area contributed by atoms with E-state index in [1.807, 2.05) is 37.3 Å². The molecular formula is C22H15ClN2O3S3. The van der Waals surface area contributed by atoms with Crippen LogP contribution < -0.4 is 5.43 Å². The molecule has 1 saturated heterocycles. The van der Waals surface area contributed by atoms with E-state index in [4.69, 9.17) is 28.2 Å². The molecule has 2 aromatic carbocycles. The molecule has 5 nitrogen and oxygen atoms in total. The van der Waals surface area contributed by atoms with Crippen LogP contribution in [0.4, 0.5) is 0 Å². The Morgan fingerprint density at radius 1 is 1.13 bits per heavy atom. The Labute approximate surface area is 197 Å². The van der Waals surface area contributed by atoms with Crippen LogP contribution >= 0.6 is 47.3 Å². The molecule has 2 amide bonds. The van der Waals surface area contributed by atoms with Crippen LogP contribution in [0.3, 0.4) is 0 Å². The quantitative estimate of drug-likeness (QED) is 0.356. The molecule has 1 aliphatic rings. The summed E-state index contributed by atoms with van der Waals surface area (Å²) in [7, 11) is 0. The van der Waals surface area contributed by atoms with E-state index in [0.29, 0.717) is 26.3 Å². The Balaban J connectivity index is 1.44. The summed E-state index contributed by atoms with van der Waals surface area (Å²) in [5, 5.41) is 2.29. The van der Waals surface area contributed by atoms with Crippen molar-refractivity contribution in [2.45, 2.75) is 16.9 Å². The number of thioether (sulfide) groups is 1. The largest absolute Gasteiger partial charge is 0.450 e. The number of hydrogen-bond donors (Lipinski definition) is 1. The van der Waals surface area contributed by atoms with Crippen molar-refractivity contribution >= 4 is 69.6 Å². The maximum absolute atomic E-state index is 12.7. The zero-order valence-electron chi connectivity index (χ0n) is 16.1. The van der Waals surface area contributed by atoms with Gasteiger partial charge in [0.05, 0.1) is 4.91 Å². The van der Waals surface area contributed by atoms with E-state index in [1.165, 1.54) is 17.3 Å². The van der Waals surface area contributed by atoms with Crippen LogP contribution in [0.2, 0.25) is 5.02 Å². The molecule has 0 spiro atoms. The van der Waals surface area contributed by atoms with Crippen LogP contribution in [0.1, 0.15) is 21.7 Å². The Kier molecular flexibility index (Phi) is 6.52. The van der Waals surface area contributed by atoms with Crippen molar-refractivity contribution < 1.29 is 14.0 Å². The number of hydrazine groups is 1. The van der Waals surface area contributed by atoms with Gasteiger partial charge in [0.1, 0.15) is 5.76 Å². The Morgan fingerprint density at radius 2 is 1.84 bits per heavy atom. The minimum absolute atomic E-state index is 0.236. The third kappa shape index (κ3) is 5.22. The summed E-state index contributed by atoms with van der Waals surface area (Å²) in [4.78, 5) is 26.6. The second kappa shape index (κ2) is 9.32. The van der Waals surface area contributed by atoms with Crippen molar-refractivity contribution in [2.24, 2.45) is 0 Å². The van der Waals surface area contributed by atoms with Gasteiger partial charge in [-0.3, -0.25) is 15.0 Å². The number of carbonyl (C=O) groups is 2. The maximum atomic E-state index is 12.7. The number of thiocarbonyl (C=S) groups is 1. The number of halogens is 1. The van der Waals surface area contributed by atoms with Crippen molar-refractivity contribution in [1.82, 2.24) is 10.4 Å². The first kappa shape index (κ1) is 21.7. The number of amides is 2. The molecule has 1 fully saturated rings. The van der Waals surface area contributed by atoms with Crippen molar-refractivity contribution in [1.29, 1.82) is 0 Å². The lowest BCUT2D eigenvalue weighted by Gasteiger charge is -2.15. The molecule has 1 aromatic heterocycles. The van der Waals surface area contributed by atoms with Gasteiger partial charge in [0.2, 0.25) is 0 Å². The summed E-state index contributed by atoms with van der Waals surface area (Å²) < 4.78 is 6.06. The molecule has 0 atom stereocenters. The Bertz CT molecular complexity index is 1190. The summed E-state index contributed by atoms with van der Waals surface area (Å²) in [6.07, 6.45) is 1.62. The summed E-state index contributed by atoms with van der Waals surface area (Å²) in [6, 6.07) is 18.1. The lowest BCUT2D eigenvalue weighted by Crippen LogP contribution is -2.44. The van der Waals surface area contributed by atoms with Gasteiger partial charge in [-0.1, -0.05) is 52.8 Å². The molecule has 4 rings (SSSR count). The van der Waals surface area contributed by atoms with Crippen molar-refractivity contribution in [2.75, 3.05) is 0 Å². The van der Waals surface area contributed by atoms with E-state index in [-0.39, 0.29) is 4.32 Å². The van der Waals surface area contributed by atoms with Crippen LogP contribution in [0.5, 0.6) is 0 Å². The van der Waals surface area contributed by atoms with Gasteiger partial charge in [-0.25, -0.2) is 0 Å². The lowest BCUT2D eigenvalue weighted by molar-refractivity contribution is -0.123. The highest BCUT2D eigenvalue weighted by molar-refractivity contribution is 8.26. The molecule has 9 heteroatoms. The average molecular weight is 487 g/mol. The van der Waals surface area contributed by atoms with Crippen molar-refractivity contribution in [3.8, 4) is 0 Å². The molecule has 0 aliphatic carbocycles. The number of benzene rings is 2. The fourth-order valence-electron chi connectivity index (χ4n) is 2.65. The Morgan fingerprint density at radius 3 is 2.55 bits per heavy atom. The van der Waals surface area contributed by atoms with Gasteiger partial charge in [0, 0.05) is 21.6 Å². The zero-order valence-corrected chi connectivity index (χ0v) is 19.3. The van der Waals surface area contributed by atoms with E-state index in [1.54, 1.807) is 36.4 Å². The molecule has 0 saturated carbocycles. The minimum atomic E-state index is -0.455.